The summed E-state index contributed by atoms with van der Waals surface area (Å²) in [5.41, 5.74) is 1.19. The number of aromatic amines is 1. The molecular weight excluding hydrogens is 266 g/mol. The van der Waals surface area contributed by atoms with Crippen molar-refractivity contribution >= 4 is 5.91 Å². The number of rotatable bonds is 5. The number of aliphatic hydroxyl groups excluding tert-OH is 1. The Hall–Kier alpha value is -1.62. The van der Waals surface area contributed by atoms with Gasteiger partial charge in [-0.05, 0) is 31.2 Å². The van der Waals surface area contributed by atoms with E-state index in [1.807, 2.05) is 17.0 Å². The molecule has 0 bridgehead atoms. The second-order valence-corrected chi connectivity index (χ2v) is 6.34. The number of carbonyl (C=O) groups excluding carboxylic acids is 1. The lowest BCUT2D eigenvalue weighted by atomic mass is 9.78. The van der Waals surface area contributed by atoms with E-state index >= 15 is 0 Å². The topological polar surface area (TPSA) is 69.2 Å². The first-order valence-corrected chi connectivity index (χ1v) is 7.58. The number of carbonyl (C=O) groups is 1. The molecule has 1 aliphatic heterocycles. The zero-order chi connectivity index (χ0) is 15.5. The van der Waals surface area contributed by atoms with Crippen molar-refractivity contribution in [1.82, 2.24) is 15.1 Å². The molecule has 0 radical (unpaired) electrons. The number of H-pyrrole nitrogens is 1. The summed E-state index contributed by atoms with van der Waals surface area (Å²) in [6, 6.07) is 1.83. The maximum atomic E-state index is 12.6. The van der Waals surface area contributed by atoms with Crippen LogP contribution in [0.2, 0.25) is 0 Å². The summed E-state index contributed by atoms with van der Waals surface area (Å²) in [6.45, 7) is 9.26. The lowest BCUT2D eigenvalue weighted by Gasteiger charge is -2.41. The molecule has 1 atom stereocenters. The van der Waals surface area contributed by atoms with Crippen LogP contribution in [0.4, 0.5) is 0 Å². The molecule has 1 aromatic rings. The summed E-state index contributed by atoms with van der Waals surface area (Å²) in [6.07, 6.45) is 4.39. The molecule has 1 amide bonds. The first-order valence-electron chi connectivity index (χ1n) is 7.58. The number of aliphatic hydroxyl groups is 1. The molecule has 0 aliphatic carbocycles. The van der Waals surface area contributed by atoms with Gasteiger partial charge in [-0.1, -0.05) is 19.9 Å². The molecule has 5 nitrogen and oxygen atoms in total. The van der Waals surface area contributed by atoms with Gasteiger partial charge in [0, 0.05) is 24.2 Å². The predicted molar refractivity (Wildman–Crippen MR) is 82.1 cm³/mol. The molecule has 116 valence electrons. The fourth-order valence-corrected chi connectivity index (χ4v) is 2.95. The average Bonchev–Trinajstić information content (AvgIpc) is 2.97. The number of hydrogen-bond donors (Lipinski definition) is 2. The molecule has 0 unspecified atom stereocenters. The summed E-state index contributed by atoms with van der Waals surface area (Å²) in [5, 5.41) is 16.8. The van der Waals surface area contributed by atoms with Gasteiger partial charge in [0.1, 0.15) is 5.69 Å². The Morgan fingerprint density at radius 1 is 1.67 bits per heavy atom. The van der Waals surface area contributed by atoms with Crippen LogP contribution in [0.3, 0.4) is 0 Å². The van der Waals surface area contributed by atoms with Crippen LogP contribution in [0.25, 0.3) is 0 Å². The van der Waals surface area contributed by atoms with E-state index in [0.29, 0.717) is 18.2 Å². The summed E-state index contributed by atoms with van der Waals surface area (Å²) in [5.74, 6) is 0.262. The molecule has 1 fully saturated rings. The van der Waals surface area contributed by atoms with Gasteiger partial charge in [-0.3, -0.25) is 9.89 Å². The van der Waals surface area contributed by atoms with E-state index in [9.17, 15) is 9.90 Å². The molecule has 2 N–H and O–H groups in total. The van der Waals surface area contributed by atoms with Crippen molar-refractivity contribution in [2.24, 2.45) is 5.41 Å². The SMILES string of the molecule is C=CC[C@@]1(CO)CCCN(C(=O)c2cc(C(C)C)[nH]n2)C1. The Bertz CT molecular complexity index is 509. The Balaban J connectivity index is 2.12. The smallest absolute Gasteiger partial charge is 0.274 e. The van der Waals surface area contributed by atoms with Gasteiger partial charge in [0.2, 0.25) is 0 Å². The fraction of sp³-hybridized carbons (Fsp3) is 0.625. The first-order chi connectivity index (χ1) is 10.0. The third-order valence-electron chi connectivity index (χ3n) is 4.30. The minimum Gasteiger partial charge on any atom is -0.396 e. The monoisotopic (exact) mass is 291 g/mol. The highest BCUT2D eigenvalue weighted by Crippen LogP contribution is 2.33. The van der Waals surface area contributed by atoms with Crippen LogP contribution in [0.1, 0.15) is 55.2 Å². The van der Waals surface area contributed by atoms with E-state index in [4.69, 9.17) is 0 Å². The molecule has 0 aromatic carbocycles. The Kier molecular flexibility index (Phi) is 4.83. The average molecular weight is 291 g/mol. The van der Waals surface area contributed by atoms with Gasteiger partial charge in [0.05, 0.1) is 6.61 Å². The van der Waals surface area contributed by atoms with Crippen molar-refractivity contribution in [3.8, 4) is 0 Å². The Morgan fingerprint density at radius 2 is 2.43 bits per heavy atom. The largest absolute Gasteiger partial charge is 0.396 e. The molecule has 1 aromatic heterocycles. The van der Waals surface area contributed by atoms with Crippen molar-refractivity contribution in [2.75, 3.05) is 19.7 Å². The molecule has 1 aliphatic rings. The molecular formula is C16H25N3O2. The quantitative estimate of drug-likeness (QED) is 0.818. The minimum atomic E-state index is -0.243. The predicted octanol–water partition coefficient (Wildman–Crippen LogP) is 2.32. The van der Waals surface area contributed by atoms with Crippen LogP contribution < -0.4 is 0 Å². The van der Waals surface area contributed by atoms with Crippen LogP contribution >= 0.6 is 0 Å². The van der Waals surface area contributed by atoms with Crippen molar-refractivity contribution in [3.63, 3.8) is 0 Å². The molecule has 0 saturated carbocycles. The first kappa shape index (κ1) is 15.8. The number of amides is 1. The van der Waals surface area contributed by atoms with Crippen molar-refractivity contribution in [3.05, 3.63) is 30.1 Å². The molecule has 5 heteroatoms. The van der Waals surface area contributed by atoms with Crippen molar-refractivity contribution < 1.29 is 9.90 Å². The Labute approximate surface area is 126 Å². The van der Waals surface area contributed by atoms with E-state index in [1.54, 1.807) is 0 Å². The van der Waals surface area contributed by atoms with E-state index in [0.717, 1.165) is 31.5 Å². The number of hydrogen-bond acceptors (Lipinski definition) is 3. The van der Waals surface area contributed by atoms with Crippen LogP contribution in [-0.4, -0.2) is 45.8 Å². The lowest BCUT2D eigenvalue weighted by Crippen LogP contribution is -2.47. The van der Waals surface area contributed by atoms with Crippen molar-refractivity contribution in [2.45, 2.75) is 39.0 Å². The van der Waals surface area contributed by atoms with E-state index in [2.05, 4.69) is 30.6 Å². The zero-order valence-corrected chi connectivity index (χ0v) is 12.9. The number of likely N-dealkylation sites (tertiary alicyclic amines) is 1. The van der Waals surface area contributed by atoms with E-state index < -0.39 is 0 Å². The number of nitrogens with zero attached hydrogens (tertiary/aromatic N) is 2. The number of allylic oxidation sites excluding steroid dienone is 1. The van der Waals surface area contributed by atoms with Gasteiger partial charge in [-0.2, -0.15) is 5.10 Å². The van der Waals surface area contributed by atoms with Crippen LogP contribution in [0.15, 0.2) is 18.7 Å². The number of nitrogens with one attached hydrogen (secondary N) is 1. The van der Waals surface area contributed by atoms with Crippen molar-refractivity contribution in [1.29, 1.82) is 0 Å². The standard InChI is InChI=1S/C16H25N3O2/c1-4-6-16(11-20)7-5-8-19(10-16)15(21)14-9-13(12(2)3)17-18-14/h4,9,12,20H,1,5-8,10-11H2,2-3H3,(H,17,18)/t16-/m1/s1. The maximum Gasteiger partial charge on any atom is 0.274 e. The lowest BCUT2D eigenvalue weighted by molar-refractivity contribution is 0.0281. The second kappa shape index (κ2) is 6.43. The normalized spacial score (nSPS) is 22.6. The van der Waals surface area contributed by atoms with Gasteiger partial charge in [-0.15, -0.1) is 6.58 Å². The van der Waals surface area contributed by atoms with Crippen LogP contribution in [0.5, 0.6) is 0 Å². The highest BCUT2D eigenvalue weighted by Gasteiger charge is 2.36. The van der Waals surface area contributed by atoms with Gasteiger partial charge in [0.25, 0.3) is 5.91 Å². The fourth-order valence-electron chi connectivity index (χ4n) is 2.95. The minimum absolute atomic E-state index is 0.0558. The molecule has 0 spiro atoms. The molecule has 1 saturated heterocycles. The highest BCUT2D eigenvalue weighted by molar-refractivity contribution is 5.92. The van der Waals surface area contributed by atoms with Gasteiger partial charge in [-0.25, -0.2) is 0 Å². The second-order valence-electron chi connectivity index (χ2n) is 6.34. The number of aromatic nitrogens is 2. The summed E-state index contributed by atoms with van der Waals surface area (Å²) in [4.78, 5) is 14.4. The third kappa shape index (κ3) is 3.35. The van der Waals surface area contributed by atoms with Crippen LogP contribution in [-0.2, 0) is 0 Å². The summed E-state index contributed by atoms with van der Waals surface area (Å²) in [7, 11) is 0. The Morgan fingerprint density at radius 3 is 3.00 bits per heavy atom. The highest BCUT2D eigenvalue weighted by atomic mass is 16.3. The van der Waals surface area contributed by atoms with Gasteiger partial charge >= 0.3 is 0 Å². The maximum absolute atomic E-state index is 12.6. The van der Waals surface area contributed by atoms with Gasteiger partial charge < -0.3 is 10.0 Å². The van der Waals surface area contributed by atoms with E-state index in [1.165, 1.54) is 0 Å². The van der Waals surface area contributed by atoms with Gasteiger partial charge in [0.15, 0.2) is 0 Å². The molecule has 2 heterocycles. The summed E-state index contributed by atoms with van der Waals surface area (Å²) >= 11 is 0. The van der Waals surface area contributed by atoms with E-state index in [-0.39, 0.29) is 17.9 Å². The number of piperidine rings is 1. The third-order valence-corrected chi connectivity index (χ3v) is 4.30. The molecule has 21 heavy (non-hydrogen) atoms. The molecule has 2 rings (SSSR count). The van der Waals surface area contributed by atoms with Crippen LogP contribution in [0, 0.1) is 5.41 Å². The summed E-state index contributed by atoms with van der Waals surface area (Å²) < 4.78 is 0. The zero-order valence-electron chi connectivity index (χ0n) is 12.9.